The van der Waals surface area contributed by atoms with Crippen molar-refractivity contribution in [3.05, 3.63) is 48.8 Å². The number of nitrogens with zero attached hydrogens (tertiary/aromatic N) is 8. The first-order valence-corrected chi connectivity index (χ1v) is 9.15. The summed E-state index contributed by atoms with van der Waals surface area (Å²) in [5.74, 6) is 0.921. The molecular weight excluding hydrogens is 340 g/mol. The van der Waals surface area contributed by atoms with E-state index in [0.717, 1.165) is 54.0 Å². The van der Waals surface area contributed by atoms with Crippen LogP contribution < -0.4 is 4.90 Å². The molecule has 0 atom stereocenters. The van der Waals surface area contributed by atoms with E-state index in [-0.39, 0.29) is 0 Å². The van der Waals surface area contributed by atoms with Crippen molar-refractivity contribution in [2.45, 2.75) is 18.9 Å². The van der Waals surface area contributed by atoms with Crippen LogP contribution in [0.3, 0.4) is 0 Å². The molecule has 0 spiro atoms. The summed E-state index contributed by atoms with van der Waals surface area (Å²) in [5, 5.41) is 21.6. The Morgan fingerprint density at radius 3 is 2.56 bits per heavy atom. The van der Waals surface area contributed by atoms with E-state index >= 15 is 0 Å². The predicted octanol–water partition coefficient (Wildman–Crippen LogP) is 2.46. The average molecular weight is 360 g/mol. The Labute approximate surface area is 156 Å². The molecule has 0 unspecified atom stereocenters. The molecule has 1 fully saturated rings. The molecule has 136 valence electrons. The number of fused-ring (bicyclic) bond motifs is 1. The summed E-state index contributed by atoms with van der Waals surface area (Å²) in [7, 11) is 1.90. The minimum absolute atomic E-state index is 0.372. The van der Waals surface area contributed by atoms with Crippen LogP contribution in [-0.2, 0) is 7.05 Å². The standard InChI is InChI=1S/C19H20N8/c1-25-13-14(12-20-25)16-6-7-19(23-21-16)26-10-8-15(9-11-26)27-18-5-3-2-4-17(18)22-24-27/h2-7,12-13,15H,8-11H2,1H3. The van der Waals surface area contributed by atoms with Gasteiger partial charge in [0.2, 0.25) is 0 Å². The predicted molar refractivity (Wildman–Crippen MR) is 102 cm³/mol. The Balaban J connectivity index is 1.29. The van der Waals surface area contributed by atoms with Gasteiger partial charge in [-0.1, -0.05) is 17.3 Å². The second-order valence-corrected chi connectivity index (χ2v) is 6.92. The quantitative estimate of drug-likeness (QED) is 0.558. The molecule has 1 saturated heterocycles. The first kappa shape index (κ1) is 15.9. The molecule has 0 radical (unpaired) electrons. The summed E-state index contributed by atoms with van der Waals surface area (Å²) in [6.45, 7) is 1.86. The van der Waals surface area contributed by atoms with E-state index in [0.29, 0.717) is 6.04 Å². The summed E-state index contributed by atoms with van der Waals surface area (Å²) in [6.07, 6.45) is 5.77. The van der Waals surface area contributed by atoms with Crippen LogP contribution in [-0.4, -0.2) is 48.1 Å². The highest BCUT2D eigenvalue weighted by molar-refractivity contribution is 5.74. The van der Waals surface area contributed by atoms with Crippen LogP contribution in [0.25, 0.3) is 22.3 Å². The van der Waals surface area contributed by atoms with Gasteiger partial charge in [0.25, 0.3) is 0 Å². The van der Waals surface area contributed by atoms with Crippen molar-refractivity contribution in [3.63, 3.8) is 0 Å². The third kappa shape index (κ3) is 2.92. The smallest absolute Gasteiger partial charge is 0.151 e. The second kappa shape index (κ2) is 6.46. The van der Waals surface area contributed by atoms with Gasteiger partial charge >= 0.3 is 0 Å². The van der Waals surface area contributed by atoms with Gasteiger partial charge in [-0.2, -0.15) is 5.10 Å². The Morgan fingerprint density at radius 2 is 1.81 bits per heavy atom. The Hall–Kier alpha value is -3.29. The van der Waals surface area contributed by atoms with Crippen LogP contribution in [0.5, 0.6) is 0 Å². The topological polar surface area (TPSA) is 77.5 Å². The van der Waals surface area contributed by atoms with Crippen molar-refractivity contribution in [2.75, 3.05) is 18.0 Å². The van der Waals surface area contributed by atoms with Gasteiger partial charge in [0, 0.05) is 31.9 Å². The van der Waals surface area contributed by atoms with Gasteiger partial charge < -0.3 is 4.90 Å². The number of aromatic nitrogens is 7. The molecule has 8 nitrogen and oxygen atoms in total. The van der Waals surface area contributed by atoms with Crippen molar-refractivity contribution in [3.8, 4) is 11.3 Å². The van der Waals surface area contributed by atoms with Crippen LogP contribution in [0.15, 0.2) is 48.8 Å². The summed E-state index contributed by atoms with van der Waals surface area (Å²) < 4.78 is 3.84. The van der Waals surface area contributed by atoms with Crippen molar-refractivity contribution in [1.29, 1.82) is 0 Å². The number of benzene rings is 1. The molecule has 8 heteroatoms. The molecule has 27 heavy (non-hydrogen) atoms. The van der Waals surface area contributed by atoms with Crippen molar-refractivity contribution in [1.82, 2.24) is 35.0 Å². The van der Waals surface area contributed by atoms with E-state index in [4.69, 9.17) is 0 Å². The van der Waals surface area contributed by atoms with Crippen molar-refractivity contribution < 1.29 is 0 Å². The minimum Gasteiger partial charge on any atom is -0.355 e. The summed E-state index contributed by atoms with van der Waals surface area (Å²) in [6, 6.07) is 12.6. The third-order valence-corrected chi connectivity index (χ3v) is 5.16. The van der Waals surface area contributed by atoms with E-state index in [2.05, 4.69) is 41.3 Å². The van der Waals surface area contributed by atoms with E-state index < -0.39 is 0 Å². The number of aryl methyl sites for hydroxylation is 1. The molecule has 3 aromatic heterocycles. The number of anilines is 1. The molecule has 1 aromatic carbocycles. The first-order chi connectivity index (χ1) is 13.3. The molecule has 5 rings (SSSR count). The van der Waals surface area contributed by atoms with E-state index in [1.165, 1.54) is 0 Å². The molecule has 1 aliphatic rings. The number of hydrogen-bond acceptors (Lipinski definition) is 6. The summed E-state index contributed by atoms with van der Waals surface area (Å²) in [5.41, 5.74) is 3.89. The van der Waals surface area contributed by atoms with Gasteiger partial charge in [0.05, 0.1) is 23.4 Å². The zero-order chi connectivity index (χ0) is 18.2. The number of hydrogen-bond donors (Lipinski definition) is 0. The number of piperidine rings is 1. The maximum Gasteiger partial charge on any atom is 0.151 e. The van der Waals surface area contributed by atoms with Crippen LogP contribution in [0.4, 0.5) is 5.82 Å². The fraction of sp³-hybridized carbons (Fsp3) is 0.316. The Bertz CT molecular complexity index is 1060. The van der Waals surface area contributed by atoms with Gasteiger partial charge in [-0.3, -0.25) is 4.68 Å². The highest BCUT2D eigenvalue weighted by atomic mass is 15.4. The van der Waals surface area contributed by atoms with Crippen LogP contribution >= 0.6 is 0 Å². The second-order valence-electron chi connectivity index (χ2n) is 6.92. The lowest BCUT2D eigenvalue weighted by atomic mass is 10.0. The molecule has 0 N–H and O–H groups in total. The zero-order valence-electron chi connectivity index (χ0n) is 15.1. The number of para-hydroxylation sites is 1. The maximum atomic E-state index is 4.43. The number of rotatable bonds is 3. The highest BCUT2D eigenvalue weighted by Crippen LogP contribution is 2.27. The van der Waals surface area contributed by atoms with E-state index in [9.17, 15) is 0 Å². The third-order valence-electron chi connectivity index (χ3n) is 5.16. The maximum absolute atomic E-state index is 4.43. The van der Waals surface area contributed by atoms with Gasteiger partial charge in [-0.25, -0.2) is 4.68 Å². The Morgan fingerprint density at radius 1 is 0.963 bits per heavy atom. The normalized spacial score (nSPS) is 15.5. The van der Waals surface area contributed by atoms with E-state index in [1.807, 2.05) is 43.6 Å². The molecule has 0 saturated carbocycles. The SMILES string of the molecule is Cn1cc(-c2ccc(N3CCC(n4nnc5ccccc54)CC3)nn2)cn1. The lowest BCUT2D eigenvalue weighted by Crippen LogP contribution is -2.35. The fourth-order valence-corrected chi connectivity index (χ4v) is 3.70. The molecule has 0 aliphatic carbocycles. The highest BCUT2D eigenvalue weighted by Gasteiger charge is 2.23. The monoisotopic (exact) mass is 360 g/mol. The zero-order valence-corrected chi connectivity index (χ0v) is 15.1. The lowest BCUT2D eigenvalue weighted by molar-refractivity contribution is 0.367. The van der Waals surface area contributed by atoms with Gasteiger partial charge in [0.15, 0.2) is 5.82 Å². The van der Waals surface area contributed by atoms with Crippen molar-refractivity contribution in [2.24, 2.45) is 7.05 Å². The lowest BCUT2D eigenvalue weighted by Gasteiger charge is -2.32. The molecule has 0 amide bonds. The van der Waals surface area contributed by atoms with Gasteiger partial charge in [-0.15, -0.1) is 15.3 Å². The molecular formula is C19H20N8. The van der Waals surface area contributed by atoms with Gasteiger partial charge in [-0.05, 0) is 37.1 Å². The molecule has 4 aromatic rings. The van der Waals surface area contributed by atoms with Crippen LogP contribution in [0, 0.1) is 0 Å². The molecule has 4 heterocycles. The molecule has 1 aliphatic heterocycles. The van der Waals surface area contributed by atoms with Gasteiger partial charge in [0.1, 0.15) is 5.52 Å². The van der Waals surface area contributed by atoms with Crippen LogP contribution in [0.1, 0.15) is 18.9 Å². The van der Waals surface area contributed by atoms with Crippen molar-refractivity contribution >= 4 is 16.9 Å². The first-order valence-electron chi connectivity index (χ1n) is 9.15. The molecule has 0 bridgehead atoms. The summed E-state index contributed by atoms with van der Waals surface area (Å²) in [4.78, 5) is 2.29. The minimum atomic E-state index is 0.372. The largest absolute Gasteiger partial charge is 0.355 e. The van der Waals surface area contributed by atoms with Crippen LogP contribution in [0.2, 0.25) is 0 Å². The summed E-state index contributed by atoms with van der Waals surface area (Å²) >= 11 is 0. The van der Waals surface area contributed by atoms with E-state index in [1.54, 1.807) is 10.9 Å². The average Bonchev–Trinajstić information content (AvgIpc) is 3.35. The fourth-order valence-electron chi connectivity index (χ4n) is 3.70. The Kier molecular flexibility index (Phi) is 3.81.